The highest BCUT2D eigenvalue weighted by Gasteiger charge is 2.16. The number of halogens is 1. The first-order valence-corrected chi connectivity index (χ1v) is 5.46. The standard InChI is InChI=1S/C12H16FNO2/c13-11-3-1-2-10(6-11)7-14-4-5-16-9-12(15)8-14/h1-3,6,12,15H,4-5,7-9H2/t12-/m0/s1. The SMILES string of the molecule is O[C@@H]1COCCN(Cc2cccc(F)c2)C1. The van der Waals surface area contributed by atoms with Crippen molar-refractivity contribution in [1.82, 2.24) is 4.90 Å². The molecule has 0 saturated carbocycles. The number of aliphatic hydroxyl groups is 1. The van der Waals surface area contributed by atoms with Crippen LogP contribution in [0, 0.1) is 5.82 Å². The van der Waals surface area contributed by atoms with Gasteiger partial charge in [-0.1, -0.05) is 12.1 Å². The molecule has 0 amide bonds. The predicted molar refractivity (Wildman–Crippen MR) is 58.5 cm³/mol. The van der Waals surface area contributed by atoms with Gasteiger partial charge in [-0.05, 0) is 17.7 Å². The first kappa shape index (κ1) is 11.5. The van der Waals surface area contributed by atoms with E-state index in [9.17, 15) is 9.50 Å². The molecule has 0 bridgehead atoms. The van der Waals surface area contributed by atoms with Gasteiger partial charge in [-0.15, -0.1) is 0 Å². The normalized spacial score (nSPS) is 23.0. The van der Waals surface area contributed by atoms with E-state index in [1.165, 1.54) is 12.1 Å². The summed E-state index contributed by atoms with van der Waals surface area (Å²) < 4.78 is 18.2. The van der Waals surface area contributed by atoms with Gasteiger partial charge in [0.25, 0.3) is 0 Å². The van der Waals surface area contributed by atoms with Crippen LogP contribution in [0.25, 0.3) is 0 Å². The summed E-state index contributed by atoms with van der Waals surface area (Å²) >= 11 is 0. The first-order valence-electron chi connectivity index (χ1n) is 5.46. The molecule has 0 radical (unpaired) electrons. The molecule has 0 aromatic heterocycles. The van der Waals surface area contributed by atoms with E-state index >= 15 is 0 Å². The van der Waals surface area contributed by atoms with Crippen LogP contribution in [0.5, 0.6) is 0 Å². The van der Waals surface area contributed by atoms with Crippen LogP contribution in [0.1, 0.15) is 5.56 Å². The number of rotatable bonds is 2. The van der Waals surface area contributed by atoms with Gasteiger partial charge in [-0.25, -0.2) is 4.39 Å². The second-order valence-electron chi connectivity index (χ2n) is 4.09. The quantitative estimate of drug-likeness (QED) is 0.815. The molecule has 1 fully saturated rings. The third kappa shape index (κ3) is 3.27. The molecule has 1 heterocycles. The van der Waals surface area contributed by atoms with E-state index < -0.39 is 6.10 Å². The number of β-amino-alcohol motifs (C(OH)–C–C–N with tert-alkyl or cyclic N) is 1. The highest BCUT2D eigenvalue weighted by Crippen LogP contribution is 2.09. The van der Waals surface area contributed by atoms with Crippen LogP contribution < -0.4 is 0 Å². The van der Waals surface area contributed by atoms with Gasteiger partial charge in [0.2, 0.25) is 0 Å². The summed E-state index contributed by atoms with van der Waals surface area (Å²) in [6.45, 7) is 3.01. The van der Waals surface area contributed by atoms with Crippen molar-refractivity contribution in [2.75, 3.05) is 26.3 Å². The molecule has 0 aliphatic carbocycles. The Balaban J connectivity index is 1.97. The van der Waals surface area contributed by atoms with Gasteiger partial charge >= 0.3 is 0 Å². The second-order valence-corrected chi connectivity index (χ2v) is 4.09. The Morgan fingerprint density at radius 1 is 1.50 bits per heavy atom. The highest BCUT2D eigenvalue weighted by atomic mass is 19.1. The Kier molecular flexibility index (Phi) is 3.88. The number of benzene rings is 1. The van der Waals surface area contributed by atoms with Gasteiger partial charge in [0, 0.05) is 19.6 Å². The topological polar surface area (TPSA) is 32.7 Å². The summed E-state index contributed by atoms with van der Waals surface area (Å²) in [5.74, 6) is -0.218. The van der Waals surface area contributed by atoms with Crippen molar-refractivity contribution < 1.29 is 14.2 Å². The third-order valence-corrected chi connectivity index (χ3v) is 2.63. The molecule has 1 atom stereocenters. The summed E-state index contributed by atoms with van der Waals surface area (Å²) in [6, 6.07) is 6.55. The van der Waals surface area contributed by atoms with E-state index in [4.69, 9.17) is 4.74 Å². The maximum absolute atomic E-state index is 13.0. The fourth-order valence-corrected chi connectivity index (χ4v) is 1.89. The molecule has 1 aliphatic heterocycles. The molecule has 1 aliphatic rings. The van der Waals surface area contributed by atoms with E-state index in [2.05, 4.69) is 4.90 Å². The van der Waals surface area contributed by atoms with Crippen molar-refractivity contribution >= 4 is 0 Å². The Morgan fingerprint density at radius 2 is 2.38 bits per heavy atom. The Labute approximate surface area is 94.4 Å². The Morgan fingerprint density at radius 3 is 3.19 bits per heavy atom. The molecule has 1 saturated heterocycles. The molecule has 2 rings (SSSR count). The van der Waals surface area contributed by atoms with Crippen molar-refractivity contribution in [2.24, 2.45) is 0 Å². The van der Waals surface area contributed by atoms with Crippen molar-refractivity contribution in [3.05, 3.63) is 35.6 Å². The predicted octanol–water partition coefficient (Wildman–Crippen LogP) is 1.02. The summed E-state index contributed by atoms with van der Waals surface area (Å²) in [6.07, 6.45) is -0.448. The molecule has 3 nitrogen and oxygen atoms in total. The average molecular weight is 225 g/mol. The monoisotopic (exact) mass is 225 g/mol. The summed E-state index contributed by atoms with van der Waals surface area (Å²) in [4.78, 5) is 2.08. The van der Waals surface area contributed by atoms with Crippen molar-refractivity contribution in [1.29, 1.82) is 0 Å². The zero-order valence-corrected chi connectivity index (χ0v) is 9.10. The van der Waals surface area contributed by atoms with Crippen LogP contribution >= 0.6 is 0 Å². The molecule has 16 heavy (non-hydrogen) atoms. The zero-order valence-electron chi connectivity index (χ0n) is 9.10. The number of nitrogens with zero attached hydrogens (tertiary/aromatic N) is 1. The minimum Gasteiger partial charge on any atom is -0.389 e. The van der Waals surface area contributed by atoms with Crippen molar-refractivity contribution in [2.45, 2.75) is 12.6 Å². The summed E-state index contributed by atoms with van der Waals surface area (Å²) in [7, 11) is 0. The Hall–Kier alpha value is -0.970. The number of ether oxygens (including phenoxy) is 1. The number of hydrogen-bond donors (Lipinski definition) is 1. The van der Waals surface area contributed by atoms with Crippen molar-refractivity contribution in [3.8, 4) is 0 Å². The first-order chi connectivity index (χ1) is 7.74. The van der Waals surface area contributed by atoms with E-state index in [0.717, 1.165) is 12.1 Å². The molecular weight excluding hydrogens is 209 g/mol. The van der Waals surface area contributed by atoms with E-state index in [-0.39, 0.29) is 5.82 Å². The lowest BCUT2D eigenvalue weighted by atomic mass is 10.2. The molecule has 1 aromatic carbocycles. The average Bonchev–Trinajstić information content (AvgIpc) is 2.43. The van der Waals surface area contributed by atoms with Crippen LogP contribution in [0.4, 0.5) is 4.39 Å². The molecule has 4 heteroatoms. The fraction of sp³-hybridized carbons (Fsp3) is 0.500. The molecule has 0 spiro atoms. The maximum Gasteiger partial charge on any atom is 0.123 e. The smallest absolute Gasteiger partial charge is 0.123 e. The van der Waals surface area contributed by atoms with E-state index in [1.54, 1.807) is 6.07 Å². The van der Waals surface area contributed by atoms with Gasteiger partial charge in [0.05, 0.1) is 19.3 Å². The lowest BCUT2D eigenvalue weighted by Gasteiger charge is -2.20. The van der Waals surface area contributed by atoms with Crippen molar-refractivity contribution in [3.63, 3.8) is 0 Å². The van der Waals surface area contributed by atoms with Crippen LogP contribution in [0.2, 0.25) is 0 Å². The molecule has 1 N–H and O–H groups in total. The lowest BCUT2D eigenvalue weighted by Crippen LogP contribution is -2.32. The van der Waals surface area contributed by atoms with Gasteiger partial charge in [-0.3, -0.25) is 4.90 Å². The van der Waals surface area contributed by atoms with Gasteiger partial charge < -0.3 is 9.84 Å². The zero-order chi connectivity index (χ0) is 11.4. The number of aliphatic hydroxyl groups excluding tert-OH is 1. The minimum atomic E-state index is -0.448. The van der Waals surface area contributed by atoms with E-state index in [0.29, 0.717) is 26.3 Å². The Bertz CT molecular complexity index is 346. The maximum atomic E-state index is 13.0. The lowest BCUT2D eigenvalue weighted by molar-refractivity contribution is 0.0562. The molecule has 0 unspecified atom stereocenters. The largest absolute Gasteiger partial charge is 0.389 e. The minimum absolute atomic E-state index is 0.218. The molecule has 88 valence electrons. The summed E-state index contributed by atoms with van der Waals surface area (Å²) in [5.41, 5.74) is 0.925. The highest BCUT2D eigenvalue weighted by molar-refractivity contribution is 5.16. The van der Waals surface area contributed by atoms with Gasteiger partial charge in [0.1, 0.15) is 5.82 Å². The van der Waals surface area contributed by atoms with Gasteiger partial charge in [0.15, 0.2) is 0 Å². The summed E-state index contributed by atoms with van der Waals surface area (Å²) in [5, 5.41) is 9.55. The third-order valence-electron chi connectivity index (χ3n) is 2.63. The van der Waals surface area contributed by atoms with Crippen LogP contribution in [0.15, 0.2) is 24.3 Å². The molecule has 1 aromatic rings. The molecular formula is C12H16FNO2. The van der Waals surface area contributed by atoms with Crippen LogP contribution in [-0.4, -0.2) is 42.4 Å². The van der Waals surface area contributed by atoms with Crippen LogP contribution in [-0.2, 0) is 11.3 Å². The number of hydrogen-bond acceptors (Lipinski definition) is 3. The van der Waals surface area contributed by atoms with Crippen LogP contribution in [0.3, 0.4) is 0 Å². The fourth-order valence-electron chi connectivity index (χ4n) is 1.89. The van der Waals surface area contributed by atoms with E-state index in [1.807, 2.05) is 6.07 Å². The second kappa shape index (κ2) is 5.39. The van der Waals surface area contributed by atoms with Gasteiger partial charge in [-0.2, -0.15) is 0 Å².